The number of benzene rings is 2. The van der Waals surface area contributed by atoms with Gasteiger partial charge in [-0.15, -0.1) is 0 Å². The van der Waals surface area contributed by atoms with Gasteiger partial charge in [0.1, 0.15) is 11.7 Å². The molecule has 1 unspecified atom stereocenters. The van der Waals surface area contributed by atoms with Crippen LogP contribution >= 0.6 is 0 Å². The van der Waals surface area contributed by atoms with Gasteiger partial charge in [-0.1, -0.05) is 30.3 Å². The number of piperidine rings is 1. The van der Waals surface area contributed by atoms with Crippen molar-refractivity contribution < 1.29 is 4.79 Å². The van der Waals surface area contributed by atoms with E-state index in [1.807, 2.05) is 55.6 Å². The summed E-state index contributed by atoms with van der Waals surface area (Å²) in [6, 6.07) is 17.9. The molecule has 7 nitrogen and oxygen atoms in total. The number of amides is 1. The number of nitrogens with zero attached hydrogens (tertiary/aromatic N) is 1. The summed E-state index contributed by atoms with van der Waals surface area (Å²) in [7, 11) is 1.91. The van der Waals surface area contributed by atoms with Crippen LogP contribution in [-0.2, 0) is 4.79 Å². The van der Waals surface area contributed by atoms with Crippen molar-refractivity contribution in [2.75, 3.05) is 37.3 Å². The molecule has 2 aromatic carbocycles. The molecule has 0 aliphatic carbocycles. The lowest BCUT2D eigenvalue weighted by Crippen LogP contribution is -2.39. The number of likely N-dealkylation sites (tertiary alicyclic amines) is 1. The number of carbonyl (C=O) groups excluding carboxylic acids is 1. The van der Waals surface area contributed by atoms with E-state index < -0.39 is 0 Å². The average Bonchev–Trinajstić information content (AvgIpc) is 3.25. The third-order valence-electron chi connectivity index (χ3n) is 5.85. The van der Waals surface area contributed by atoms with Crippen molar-refractivity contribution in [1.82, 2.24) is 15.5 Å². The molecule has 7 heteroatoms. The minimum Gasteiger partial charge on any atom is -0.376 e. The van der Waals surface area contributed by atoms with E-state index in [0.717, 1.165) is 48.7 Å². The molecule has 0 spiro atoms. The van der Waals surface area contributed by atoms with E-state index in [4.69, 9.17) is 5.41 Å². The second-order valence-electron chi connectivity index (χ2n) is 8.04. The van der Waals surface area contributed by atoms with Crippen molar-refractivity contribution in [3.05, 3.63) is 83.8 Å². The van der Waals surface area contributed by atoms with Crippen molar-refractivity contribution in [3.63, 3.8) is 0 Å². The predicted octanol–water partition coefficient (Wildman–Crippen LogP) is 3.44. The first kappa shape index (κ1) is 21.5. The molecule has 0 saturated carbocycles. The lowest BCUT2D eigenvalue weighted by molar-refractivity contribution is -0.114. The molecular formula is C25H30N6O. The Morgan fingerprint density at radius 3 is 2.72 bits per heavy atom. The topological polar surface area (TPSA) is 92.3 Å². The molecule has 0 aromatic heterocycles. The molecule has 4 rings (SSSR count). The van der Waals surface area contributed by atoms with Crippen LogP contribution in [0.1, 0.15) is 24.3 Å². The number of para-hydroxylation sites is 1. The molecule has 1 amide bonds. The van der Waals surface area contributed by atoms with Gasteiger partial charge in [0.25, 0.3) is 0 Å². The number of rotatable bonds is 7. The van der Waals surface area contributed by atoms with Crippen molar-refractivity contribution in [2.24, 2.45) is 0 Å². The van der Waals surface area contributed by atoms with Gasteiger partial charge in [-0.2, -0.15) is 0 Å². The molecule has 5 N–H and O–H groups in total. The Morgan fingerprint density at radius 2 is 1.97 bits per heavy atom. The van der Waals surface area contributed by atoms with Gasteiger partial charge in [-0.3, -0.25) is 10.2 Å². The lowest BCUT2D eigenvalue weighted by Gasteiger charge is -2.36. The standard InChI is InChI=1S/C25H30N6O/c1-27-25(22-12-13-28-24(22)26)31-14-6-8-19(17-31)18-7-5-11-21(15-18)30-23(32)16-29-20-9-3-2-4-10-20/h2-5,7,9-13,15,19,27,29H,6,8,14,16-17H2,1H3,(H2,26,28)(H,30,32)/b25-22+. The van der Waals surface area contributed by atoms with E-state index in [2.05, 4.69) is 38.3 Å². The van der Waals surface area contributed by atoms with Crippen LogP contribution in [0.4, 0.5) is 11.4 Å². The molecule has 2 aliphatic rings. The van der Waals surface area contributed by atoms with Crippen LogP contribution in [0.3, 0.4) is 0 Å². The highest BCUT2D eigenvalue weighted by Gasteiger charge is 2.25. The highest BCUT2D eigenvalue weighted by molar-refractivity contribution is 6.02. The first-order valence-electron chi connectivity index (χ1n) is 11.0. The minimum absolute atomic E-state index is 0.0718. The zero-order valence-electron chi connectivity index (χ0n) is 18.3. The smallest absolute Gasteiger partial charge is 0.243 e. The third-order valence-corrected chi connectivity index (χ3v) is 5.85. The van der Waals surface area contributed by atoms with Crippen LogP contribution in [-0.4, -0.2) is 43.3 Å². The highest BCUT2D eigenvalue weighted by Crippen LogP contribution is 2.30. The lowest BCUT2D eigenvalue weighted by atomic mass is 9.90. The molecule has 1 atom stereocenters. The molecule has 0 radical (unpaired) electrons. The minimum atomic E-state index is -0.0718. The highest BCUT2D eigenvalue weighted by atomic mass is 16.1. The van der Waals surface area contributed by atoms with Gasteiger partial charge in [0, 0.05) is 43.6 Å². The quantitative estimate of drug-likeness (QED) is 0.464. The summed E-state index contributed by atoms with van der Waals surface area (Å²) in [5, 5.41) is 20.5. The van der Waals surface area contributed by atoms with E-state index in [9.17, 15) is 4.79 Å². The number of hydrogen-bond acceptors (Lipinski definition) is 5. The second-order valence-corrected chi connectivity index (χ2v) is 8.04. The van der Waals surface area contributed by atoms with Crippen LogP contribution < -0.4 is 21.3 Å². The Morgan fingerprint density at radius 1 is 1.16 bits per heavy atom. The van der Waals surface area contributed by atoms with Crippen LogP contribution in [0.15, 0.2) is 78.3 Å². The average molecular weight is 431 g/mol. The van der Waals surface area contributed by atoms with Crippen LogP contribution in [0, 0.1) is 5.41 Å². The van der Waals surface area contributed by atoms with E-state index in [1.165, 1.54) is 5.56 Å². The van der Waals surface area contributed by atoms with Crippen molar-refractivity contribution >= 4 is 23.1 Å². The zero-order valence-corrected chi connectivity index (χ0v) is 18.3. The van der Waals surface area contributed by atoms with Crippen LogP contribution in [0.2, 0.25) is 0 Å². The number of anilines is 2. The van der Waals surface area contributed by atoms with E-state index in [-0.39, 0.29) is 12.5 Å². The van der Waals surface area contributed by atoms with Gasteiger partial charge in [0.15, 0.2) is 0 Å². The largest absolute Gasteiger partial charge is 0.376 e. The third kappa shape index (κ3) is 5.11. The summed E-state index contributed by atoms with van der Waals surface area (Å²) in [5.41, 5.74) is 3.85. The Balaban J connectivity index is 1.40. The summed E-state index contributed by atoms with van der Waals surface area (Å²) in [6.07, 6.45) is 5.92. The van der Waals surface area contributed by atoms with Crippen LogP contribution in [0.25, 0.3) is 0 Å². The molecule has 166 valence electrons. The summed E-state index contributed by atoms with van der Waals surface area (Å²) in [5.74, 6) is 1.69. The Bertz CT molecular complexity index is 1030. The summed E-state index contributed by atoms with van der Waals surface area (Å²) >= 11 is 0. The van der Waals surface area contributed by atoms with Crippen molar-refractivity contribution in [1.29, 1.82) is 5.41 Å². The first-order chi connectivity index (χ1) is 15.6. The van der Waals surface area contributed by atoms with Gasteiger partial charge in [-0.25, -0.2) is 0 Å². The molecule has 1 saturated heterocycles. The van der Waals surface area contributed by atoms with Crippen molar-refractivity contribution in [2.45, 2.75) is 18.8 Å². The first-order valence-corrected chi connectivity index (χ1v) is 11.0. The predicted molar refractivity (Wildman–Crippen MR) is 130 cm³/mol. The van der Waals surface area contributed by atoms with Gasteiger partial charge in [0.2, 0.25) is 5.91 Å². The van der Waals surface area contributed by atoms with Crippen molar-refractivity contribution in [3.8, 4) is 0 Å². The maximum absolute atomic E-state index is 12.4. The van der Waals surface area contributed by atoms with Crippen LogP contribution in [0.5, 0.6) is 0 Å². The Labute approximate surface area is 189 Å². The molecule has 2 aliphatic heterocycles. The number of amidine groups is 1. The molecule has 32 heavy (non-hydrogen) atoms. The number of hydrogen-bond donors (Lipinski definition) is 5. The zero-order chi connectivity index (χ0) is 22.3. The van der Waals surface area contributed by atoms with Gasteiger partial charge < -0.3 is 26.2 Å². The SMILES string of the molecule is CN/C(=C1/C=CNC1=N)N1CCCC(c2cccc(NC(=O)CNc3ccccc3)c2)C1. The fraction of sp³-hybridized carbons (Fsp3) is 0.280. The monoisotopic (exact) mass is 430 g/mol. The maximum atomic E-state index is 12.4. The summed E-state index contributed by atoms with van der Waals surface area (Å²) < 4.78 is 0. The normalized spacial score (nSPS) is 19.3. The Hall–Kier alpha value is -3.74. The second kappa shape index (κ2) is 10.0. The maximum Gasteiger partial charge on any atom is 0.243 e. The number of nitrogens with one attached hydrogen (secondary N) is 5. The summed E-state index contributed by atoms with van der Waals surface area (Å²) in [6.45, 7) is 2.05. The molecule has 0 bridgehead atoms. The Kier molecular flexibility index (Phi) is 6.75. The number of carbonyl (C=O) groups is 1. The fourth-order valence-electron chi connectivity index (χ4n) is 4.30. The molecule has 2 aromatic rings. The summed E-state index contributed by atoms with van der Waals surface area (Å²) in [4.78, 5) is 14.7. The molecule has 1 fully saturated rings. The molecule has 2 heterocycles. The van der Waals surface area contributed by atoms with E-state index >= 15 is 0 Å². The van der Waals surface area contributed by atoms with Gasteiger partial charge in [0.05, 0.1) is 12.1 Å². The fourth-order valence-corrected chi connectivity index (χ4v) is 4.30. The van der Waals surface area contributed by atoms with Gasteiger partial charge in [-0.05, 0) is 48.7 Å². The van der Waals surface area contributed by atoms with E-state index in [0.29, 0.717) is 11.8 Å². The van der Waals surface area contributed by atoms with E-state index in [1.54, 1.807) is 6.20 Å². The molecular weight excluding hydrogens is 400 g/mol. The van der Waals surface area contributed by atoms with Gasteiger partial charge >= 0.3 is 0 Å².